The first-order valence-corrected chi connectivity index (χ1v) is 7.73. The number of carbonyl (C=O) groups excluding carboxylic acids is 1. The number of pyridine rings is 1. The van der Waals surface area contributed by atoms with Gasteiger partial charge in [0.2, 0.25) is 5.91 Å². The molecule has 1 saturated heterocycles. The number of hydrogen-bond donors (Lipinski definition) is 1. The molecule has 2 fully saturated rings. The number of nitrogens with zero attached hydrogens (tertiary/aromatic N) is 2. The van der Waals surface area contributed by atoms with Crippen molar-refractivity contribution in [1.29, 1.82) is 0 Å². The zero-order valence-electron chi connectivity index (χ0n) is 12.0. The first kappa shape index (κ1) is 12.8. The van der Waals surface area contributed by atoms with Crippen LogP contribution in [0.25, 0.3) is 10.9 Å². The fraction of sp³-hybridized carbons (Fsp3) is 0.412. The van der Waals surface area contributed by atoms with Crippen molar-refractivity contribution in [3.8, 4) is 0 Å². The summed E-state index contributed by atoms with van der Waals surface area (Å²) in [4.78, 5) is 19.0. The highest BCUT2D eigenvalue weighted by molar-refractivity contribution is 5.99. The van der Waals surface area contributed by atoms with Crippen LogP contribution in [0.4, 0.5) is 5.69 Å². The first-order valence-electron chi connectivity index (χ1n) is 7.73. The second kappa shape index (κ2) is 5.11. The molecule has 1 aliphatic heterocycles. The van der Waals surface area contributed by atoms with Crippen LogP contribution in [0.3, 0.4) is 0 Å². The molecule has 108 valence electrons. The molecule has 2 heterocycles. The molecule has 2 aromatic rings. The molecule has 0 radical (unpaired) electrons. The molecule has 1 atom stereocenters. The maximum atomic E-state index is 12.7. The molecule has 21 heavy (non-hydrogen) atoms. The molecule has 0 spiro atoms. The highest BCUT2D eigenvalue weighted by Crippen LogP contribution is 2.26. The first-order chi connectivity index (χ1) is 10.3. The molecule has 0 bridgehead atoms. The van der Waals surface area contributed by atoms with Gasteiger partial charge >= 0.3 is 0 Å². The van der Waals surface area contributed by atoms with Gasteiger partial charge in [-0.25, -0.2) is 0 Å². The maximum absolute atomic E-state index is 12.7. The van der Waals surface area contributed by atoms with E-state index in [9.17, 15) is 4.79 Å². The quantitative estimate of drug-likeness (QED) is 0.940. The van der Waals surface area contributed by atoms with E-state index in [1.165, 1.54) is 12.8 Å². The van der Waals surface area contributed by atoms with Gasteiger partial charge in [-0.2, -0.15) is 0 Å². The number of piperidine rings is 1. The Morgan fingerprint density at radius 3 is 2.90 bits per heavy atom. The van der Waals surface area contributed by atoms with E-state index in [1.807, 2.05) is 35.4 Å². The predicted molar refractivity (Wildman–Crippen MR) is 83.3 cm³/mol. The van der Waals surface area contributed by atoms with Gasteiger partial charge in [0.1, 0.15) is 0 Å². The fourth-order valence-corrected chi connectivity index (χ4v) is 3.03. The van der Waals surface area contributed by atoms with Crippen molar-refractivity contribution >= 4 is 22.5 Å². The smallest absolute Gasteiger partial charge is 0.244 e. The van der Waals surface area contributed by atoms with Gasteiger partial charge in [-0.15, -0.1) is 0 Å². The number of fused-ring (bicyclic) bond motifs is 1. The number of carbonyl (C=O) groups is 1. The van der Waals surface area contributed by atoms with Gasteiger partial charge in [0.05, 0.1) is 23.4 Å². The van der Waals surface area contributed by atoms with E-state index in [-0.39, 0.29) is 11.9 Å². The minimum Gasteiger partial charge on any atom is -0.310 e. The van der Waals surface area contributed by atoms with Crippen LogP contribution in [0, 0.1) is 0 Å². The van der Waals surface area contributed by atoms with Crippen LogP contribution >= 0.6 is 0 Å². The van der Waals surface area contributed by atoms with Crippen molar-refractivity contribution < 1.29 is 4.79 Å². The van der Waals surface area contributed by atoms with Crippen molar-refractivity contribution in [3.05, 3.63) is 36.5 Å². The monoisotopic (exact) mass is 281 g/mol. The number of benzene rings is 1. The summed E-state index contributed by atoms with van der Waals surface area (Å²) in [5.41, 5.74) is 1.89. The normalized spacial score (nSPS) is 22.8. The summed E-state index contributed by atoms with van der Waals surface area (Å²) in [7, 11) is 0. The predicted octanol–water partition coefficient (Wildman–Crippen LogP) is 2.48. The van der Waals surface area contributed by atoms with Crippen LogP contribution in [0.2, 0.25) is 0 Å². The minimum absolute atomic E-state index is 0.0160. The molecule has 1 saturated carbocycles. The molecular formula is C17H19N3O. The van der Waals surface area contributed by atoms with Crippen LogP contribution in [0.5, 0.6) is 0 Å². The highest BCUT2D eigenvalue weighted by Gasteiger charge is 2.34. The van der Waals surface area contributed by atoms with Crippen LogP contribution < -0.4 is 10.2 Å². The summed E-state index contributed by atoms with van der Waals surface area (Å²) in [6, 6.07) is 10.6. The summed E-state index contributed by atoms with van der Waals surface area (Å²) in [5, 5.41) is 4.55. The Bertz CT molecular complexity index is 681. The van der Waals surface area contributed by atoms with E-state index in [1.54, 1.807) is 0 Å². The number of amides is 1. The molecule has 1 N–H and O–H groups in total. The van der Waals surface area contributed by atoms with E-state index >= 15 is 0 Å². The van der Waals surface area contributed by atoms with E-state index in [0.29, 0.717) is 6.04 Å². The topological polar surface area (TPSA) is 45.2 Å². The van der Waals surface area contributed by atoms with Crippen molar-refractivity contribution in [2.75, 3.05) is 11.4 Å². The van der Waals surface area contributed by atoms with Gasteiger partial charge < -0.3 is 10.2 Å². The van der Waals surface area contributed by atoms with E-state index < -0.39 is 0 Å². The average molecular weight is 281 g/mol. The third kappa shape index (κ3) is 2.51. The summed E-state index contributed by atoms with van der Waals surface area (Å²) in [6.07, 6.45) is 6.23. The molecular weight excluding hydrogens is 262 g/mol. The van der Waals surface area contributed by atoms with Crippen molar-refractivity contribution in [2.45, 2.75) is 37.8 Å². The number of para-hydroxylation sites is 1. The minimum atomic E-state index is -0.0160. The zero-order chi connectivity index (χ0) is 14.2. The average Bonchev–Trinajstić information content (AvgIpc) is 3.33. The van der Waals surface area contributed by atoms with Crippen molar-refractivity contribution in [2.24, 2.45) is 0 Å². The van der Waals surface area contributed by atoms with E-state index in [2.05, 4.69) is 16.4 Å². The lowest BCUT2D eigenvalue weighted by atomic mass is 10.0. The Morgan fingerprint density at radius 1 is 1.19 bits per heavy atom. The lowest BCUT2D eigenvalue weighted by Crippen LogP contribution is -2.51. The maximum Gasteiger partial charge on any atom is 0.244 e. The molecule has 1 aliphatic carbocycles. The molecule has 1 aromatic carbocycles. The van der Waals surface area contributed by atoms with E-state index in [0.717, 1.165) is 36.0 Å². The third-order valence-electron chi connectivity index (χ3n) is 4.34. The summed E-state index contributed by atoms with van der Waals surface area (Å²) in [5.74, 6) is 0.199. The van der Waals surface area contributed by atoms with Crippen LogP contribution in [-0.4, -0.2) is 29.5 Å². The summed E-state index contributed by atoms with van der Waals surface area (Å²) < 4.78 is 0. The number of rotatable bonds is 3. The largest absolute Gasteiger partial charge is 0.310 e. The second-order valence-corrected chi connectivity index (χ2v) is 6.01. The zero-order valence-corrected chi connectivity index (χ0v) is 12.0. The van der Waals surface area contributed by atoms with Crippen LogP contribution in [0.1, 0.15) is 25.7 Å². The SMILES string of the molecule is O=C1C(NC2CC2)CCCN1c1cnc2ccccc2c1. The lowest BCUT2D eigenvalue weighted by molar-refractivity contribution is -0.121. The molecule has 4 rings (SSSR count). The standard InChI is InChI=1S/C17H19N3O/c21-17-16(19-13-7-8-13)6-3-9-20(17)14-10-12-4-1-2-5-15(12)18-11-14/h1-2,4-5,10-11,13,16,19H,3,6-9H2. The molecule has 1 unspecified atom stereocenters. The summed E-state index contributed by atoms with van der Waals surface area (Å²) in [6.45, 7) is 0.793. The van der Waals surface area contributed by atoms with Crippen LogP contribution in [0.15, 0.2) is 36.5 Å². The summed E-state index contributed by atoms with van der Waals surface area (Å²) >= 11 is 0. The number of nitrogens with one attached hydrogen (secondary N) is 1. The second-order valence-electron chi connectivity index (χ2n) is 6.01. The third-order valence-corrected chi connectivity index (χ3v) is 4.34. The van der Waals surface area contributed by atoms with Gasteiger partial charge in [0.25, 0.3) is 0 Å². The number of aromatic nitrogens is 1. The van der Waals surface area contributed by atoms with Crippen molar-refractivity contribution in [1.82, 2.24) is 10.3 Å². The number of hydrogen-bond acceptors (Lipinski definition) is 3. The highest BCUT2D eigenvalue weighted by atomic mass is 16.2. The Kier molecular flexibility index (Phi) is 3.11. The molecule has 1 aromatic heterocycles. The number of anilines is 1. The molecule has 2 aliphatic rings. The van der Waals surface area contributed by atoms with Gasteiger partial charge in [-0.3, -0.25) is 9.78 Å². The van der Waals surface area contributed by atoms with Crippen LogP contribution in [-0.2, 0) is 4.79 Å². The molecule has 1 amide bonds. The lowest BCUT2D eigenvalue weighted by Gasteiger charge is -2.32. The van der Waals surface area contributed by atoms with Gasteiger partial charge in [-0.1, -0.05) is 18.2 Å². The Balaban J connectivity index is 1.61. The Morgan fingerprint density at radius 2 is 2.05 bits per heavy atom. The Hall–Kier alpha value is -1.94. The van der Waals surface area contributed by atoms with E-state index in [4.69, 9.17) is 0 Å². The van der Waals surface area contributed by atoms with Gasteiger partial charge in [-0.05, 0) is 37.8 Å². The van der Waals surface area contributed by atoms with Crippen molar-refractivity contribution in [3.63, 3.8) is 0 Å². The van der Waals surface area contributed by atoms with Gasteiger partial charge in [0, 0.05) is 18.0 Å². The fourth-order valence-electron chi connectivity index (χ4n) is 3.03. The Labute approximate surface area is 124 Å². The van der Waals surface area contributed by atoms with Gasteiger partial charge in [0.15, 0.2) is 0 Å². The molecule has 4 heteroatoms. The molecule has 4 nitrogen and oxygen atoms in total.